The van der Waals surface area contributed by atoms with Crippen molar-refractivity contribution in [2.75, 3.05) is 26.7 Å². The SMILES string of the molecule is CCCN(C1CCNC1)S(=O)(=O)c1c(C)cc(C)cc1OC. The first-order valence-electron chi connectivity index (χ1n) is 7.79. The molecule has 0 aliphatic carbocycles. The molecular weight excluding hydrogens is 300 g/mol. The molecule has 1 aliphatic rings. The van der Waals surface area contributed by atoms with Gasteiger partial charge in [-0.2, -0.15) is 4.31 Å². The zero-order valence-corrected chi connectivity index (χ0v) is 14.7. The molecule has 5 nitrogen and oxygen atoms in total. The number of nitrogens with zero attached hydrogens (tertiary/aromatic N) is 1. The lowest BCUT2D eigenvalue weighted by molar-refractivity contribution is 0.331. The molecule has 22 heavy (non-hydrogen) atoms. The lowest BCUT2D eigenvalue weighted by Gasteiger charge is -2.28. The fourth-order valence-corrected chi connectivity index (χ4v) is 5.21. The maximum Gasteiger partial charge on any atom is 0.247 e. The van der Waals surface area contributed by atoms with E-state index in [1.54, 1.807) is 10.4 Å². The van der Waals surface area contributed by atoms with Gasteiger partial charge in [0.05, 0.1) is 7.11 Å². The Labute approximate surface area is 133 Å². The molecule has 2 rings (SSSR count). The Bertz CT molecular complexity index is 623. The van der Waals surface area contributed by atoms with Gasteiger partial charge in [0.1, 0.15) is 10.6 Å². The van der Waals surface area contributed by atoms with E-state index in [1.165, 1.54) is 7.11 Å². The minimum atomic E-state index is -3.57. The van der Waals surface area contributed by atoms with E-state index in [4.69, 9.17) is 4.74 Å². The number of hydrogen-bond acceptors (Lipinski definition) is 4. The van der Waals surface area contributed by atoms with Crippen molar-refractivity contribution in [3.63, 3.8) is 0 Å². The van der Waals surface area contributed by atoms with Gasteiger partial charge in [-0.15, -0.1) is 0 Å². The summed E-state index contributed by atoms with van der Waals surface area (Å²) in [7, 11) is -2.05. The topological polar surface area (TPSA) is 58.6 Å². The number of aryl methyl sites for hydroxylation is 2. The third kappa shape index (κ3) is 3.29. The molecule has 0 radical (unpaired) electrons. The van der Waals surface area contributed by atoms with Gasteiger partial charge in [0.15, 0.2) is 0 Å². The highest BCUT2D eigenvalue weighted by Crippen LogP contribution is 2.33. The quantitative estimate of drug-likeness (QED) is 0.869. The minimum absolute atomic E-state index is 0.0235. The van der Waals surface area contributed by atoms with Crippen LogP contribution in [0.3, 0.4) is 0 Å². The summed E-state index contributed by atoms with van der Waals surface area (Å²) in [5, 5.41) is 3.25. The van der Waals surface area contributed by atoms with Crippen molar-refractivity contribution in [2.45, 2.75) is 44.6 Å². The summed E-state index contributed by atoms with van der Waals surface area (Å²) >= 11 is 0. The second kappa shape index (κ2) is 6.98. The smallest absolute Gasteiger partial charge is 0.247 e. The molecule has 0 bridgehead atoms. The Morgan fingerprint density at radius 1 is 1.36 bits per heavy atom. The molecular formula is C16H26N2O3S. The van der Waals surface area contributed by atoms with E-state index in [9.17, 15) is 8.42 Å². The van der Waals surface area contributed by atoms with Gasteiger partial charge < -0.3 is 10.1 Å². The predicted octanol–water partition coefficient (Wildman–Crippen LogP) is 2.07. The summed E-state index contributed by atoms with van der Waals surface area (Å²) in [6, 6.07) is 3.71. The fraction of sp³-hybridized carbons (Fsp3) is 0.625. The molecule has 6 heteroatoms. The van der Waals surface area contributed by atoms with Crippen LogP contribution in [0.15, 0.2) is 17.0 Å². The maximum atomic E-state index is 13.2. The molecule has 1 aliphatic heterocycles. The van der Waals surface area contributed by atoms with Crippen molar-refractivity contribution in [3.05, 3.63) is 23.3 Å². The number of ether oxygens (including phenoxy) is 1. The Morgan fingerprint density at radius 2 is 2.09 bits per heavy atom. The van der Waals surface area contributed by atoms with Crippen molar-refractivity contribution in [3.8, 4) is 5.75 Å². The molecule has 0 aromatic heterocycles. The zero-order chi connectivity index (χ0) is 16.3. The van der Waals surface area contributed by atoms with Crippen LogP contribution in [0.1, 0.15) is 30.9 Å². The van der Waals surface area contributed by atoms with Gasteiger partial charge in [-0.3, -0.25) is 0 Å². The average molecular weight is 326 g/mol. The summed E-state index contributed by atoms with van der Waals surface area (Å²) in [6.07, 6.45) is 1.65. The van der Waals surface area contributed by atoms with E-state index < -0.39 is 10.0 Å². The zero-order valence-electron chi connectivity index (χ0n) is 13.8. The lowest BCUT2D eigenvalue weighted by Crippen LogP contribution is -2.42. The van der Waals surface area contributed by atoms with Crippen molar-refractivity contribution in [1.82, 2.24) is 9.62 Å². The van der Waals surface area contributed by atoms with Crippen LogP contribution >= 0.6 is 0 Å². The van der Waals surface area contributed by atoms with Crippen LogP contribution < -0.4 is 10.1 Å². The largest absolute Gasteiger partial charge is 0.495 e. The van der Waals surface area contributed by atoms with Crippen molar-refractivity contribution in [2.24, 2.45) is 0 Å². The highest BCUT2D eigenvalue weighted by molar-refractivity contribution is 7.89. The average Bonchev–Trinajstić information content (AvgIpc) is 2.96. The van der Waals surface area contributed by atoms with Crippen LogP contribution in [0.4, 0.5) is 0 Å². The molecule has 1 N–H and O–H groups in total. The number of rotatable bonds is 6. The molecule has 124 valence electrons. The lowest BCUT2D eigenvalue weighted by atomic mass is 10.1. The number of hydrogen-bond donors (Lipinski definition) is 1. The molecule has 0 amide bonds. The molecule has 0 spiro atoms. The first kappa shape index (κ1) is 17.2. The Hall–Kier alpha value is -1.11. The Kier molecular flexibility index (Phi) is 5.47. The van der Waals surface area contributed by atoms with Gasteiger partial charge >= 0.3 is 0 Å². The molecule has 1 aromatic carbocycles. The number of benzene rings is 1. The van der Waals surface area contributed by atoms with E-state index in [-0.39, 0.29) is 6.04 Å². The van der Waals surface area contributed by atoms with Crippen molar-refractivity contribution < 1.29 is 13.2 Å². The standard InChI is InChI=1S/C16H26N2O3S/c1-5-8-18(14-6-7-17-11-14)22(19,20)16-13(3)9-12(2)10-15(16)21-4/h9-10,14,17H,5-8,11H2,1-4H3. The van der Waals surface area contributed by atoms with Crippen LogP contribution in [0.2, 0.25) is 0 Å². The number of nitrogens with one attached hydrogen (secondary N) is 1. The Balaban J connectivity index is 2.51. The van der Waals surface area contributed by atoms with E-state index in [1.807, 2.05) is 26.8 Å². The molecule has 1 atom stereocenters. The summed E-state index contributed by atoms with van der Waals surface area (Å²) in [5.74, 6) is 0.435. The van der Waals surface area contributed by atoms with Crippen LogP contribution in [-0.4, -0.2) is 45.5 Å². The molecule has 1 fully saturated rings. The summed E-state index contributed by atoms with van der Waals surface area (Å²) in [5.41, 5.74) is 1.74. The maximum absolute atomic E-state index is 13.2. The van der Waals surface area contributed by atoms with Crippen LogP contribution in [-0.2, 0) is 10.0 Å². The van der Waals surface area contributed by atoms with Crippen molar-refractivity contribution >= 4 is 10.0 Å². The van der Waals surface area contributed by atoms with Crippen LogP contribution in [0, 0.1) is 13.8 Å². The number of methoxy groups -OCH3 is 1. The van der Waals surface area contributed by atoms with Gasteiger partial charge in [0.25, 0.3) is 0 Å². The van der Waals surface area contributed by atoms with Gasteiger partial charge in [-0.25, -0.2) is 8.42 Å². The van der Waals surface area contributed by atoms with E-state index in [0.717, 1.165) is 30.5 Å². The third-order valence-electron chi connectivity index (χ3n) is 4.06. The molecule has 1 heterocycles. The Morgan fingerprint density at radius 3 is 2.64 bits per heavy atom. The van der Waals surface area contributed by atoms with Gasteiger partial charge in [0, 0.05) is 19.1 Å². The van der Waals surface area contributed by atoms with Crippen LogP contribution in [0.5, 0.6) is 5.75 Å². The normalized spacial score (nSPS) is 18.9. The summed E-state index contributed by atoms with van der Waals surface area (Å²) < 4.78 is 33.5. The van der Waals surface area contributed by atoms with Gasteiger partial charge in [-0.05, 0) is 50.4 Å². The highest BCUT2D eigenvalue weighted by Gasteiger charge is 2.35. The molecule has 1 aromatic rings. The van der Waals surface area contributed by atoms with E-state index in [2.05, 4.69) is 5.32 Å². The van der Waals surface area contributed by atoms with E-state index in [0.29, 0.717) is 23.7 Å². The minimum Gasteiger partial charge on any atom is -0.495 e. The molecule has 1 saturated heterocycles. The first-order chi connectivity index (χ1) is 10.4. The molecule has 0 saturated carbocycles. The second-order valence-electron chi connectivity index (χ2n) is 5.88. The van der Waals surface area contributed by atoms with Crippen molar-refractivity contribution in [1.29, 1.82) is 0 Å². The third-order valence-corrected chi connectivity index (χ3v) is 6.19. The highest BCUT2D eigenvalue weighted by atomic mass is 32.2. The summed E-state index contributed by atoms with van der Waals surface area (Å²) in [6.45, 7) is 7.89. The van der Waals surface area contributed by atoms with Gasteiger partial charge in [-0.1, -0.05) is 13.0 Å². The monoisotopic (exact) mass is 326 g/mol. The molecule has 1 unspecified atom stereocenters. The number of sulfonamides is 1. The van der Waals surface area contributed by atoms with Gasteiger partial charge in [0.2, 0.25) is 10.0 Å². The van der Waals surface area contributed by atoms with E-state index >= 15 is 0 Å². The second-order valence-corrected chi connectivity index (χ2v) is 7.70. The predicted molar refractivity (Wildman–Crippen MR) is 87.9 cm³/mol. The fourth-order valence-electron chi connectivity index (χ4n) is 3.12. The summed E-state index contributed by atoms with van der Waals surface area (Å²) in [4.78, 5) is 0.306. The first-order valence-corrected chi connectivity index (χ1v) is 9.23. The van der Waals surface area contributed by atoms with Crippen LogP contribution in [0.25, 0.3) is 0 Å².